The minimum Gasteiger partial charge on any atom is -0.391 e. The molecule has 25 heavy (non-hydrogen) atoms. The number of carbonyl (C=O) groups is 1. The second-order valence-electron chi connectivity index (χ2n) is 5.70. The minimum absolute atomic E-state index is 0.0660. The fraction of sp³-hybridized carbons (Fsp3) is 0.211. The fourth-order valence-corrected chi connectivity index (χ4v) is 2.36. The van der Waals surface area contributed by atoms with Crippen LogP contribution in [0.1, 0.15) is 18.1 Å². The lowest BCUT2D eigenvalue weighted by Gasteiger charge is -2.19. The summed E-state index contributed by atoms with van der Waals surface area (Å²) in [7, 11) is 0. The first kappa shape index (κ1) is 18.4. The van der Waals surface area contributed by atoms with Crippen molar-refractivity contribution in [2.45, 2.75) is 25.5 Å². The Morgan fingerprint density at radius 3 is 2.52 bits per heavy atom. The maximum absolute atomic E-state index is 12.0. The number of nitro groups is 1. The molecule has 2 aromatic carbocycles. The summed E-state index contributed by atoms with van der Waals surface area (Å²) in [6, 6.07) is 15.2. The molecule has 0 aliphatic carbocycles. The molecule has 0 heterocycles. The van der Waals surface area contributed by atoms with Crippen molar-refractivity contribution in [1.29, 1.82) is 0 Å². The van der Waals surface area contributed by atoms with Crippen LogP contribution < -0.4 is 5.32 Å². The first-order chi connectivity index (χ1) is 12.0. The van der Waals surface area contributed by atoms with Gasteiger partial charge in [-0.3, -0.25) is 14.9 Å². The second-order valence-corrected chi connectivity index (χ2v) is 5.70. The normalized spacial score (nSPS) is 13.4. The molecule has 2 rings (SSSR count). The number of carbonyl (C=O) groups excluding carboxylic acids is 1. The van der Waals surface area contributed by atoms with Gasteiger partial charge in [0.05, 0.1) is 22.6 Å². The molecule has 0 aliphatic rings. The van der Waals surface area contributed by atoms with E-state index in [9.17, 15) is 20.0 Å². The third kappa shape index (κ3) is 5.54. The highest BCUT2D eigenvalue weighted by Crippen LogP contribution is 2.18. The largest absolute Gasteiger partial charge is 0.391 e. The van der Waals surface area contributed by atoms with Crippen molar-refractivity contribution >= 4 is 17.7 Å². The van der Waals surface area contributed by atoms with Crippen molar-refractivity contribution in [3.8, 4) is 0 Å². The van der Waals surface area contributed by atoms with E-state index in [1.807, 2.05) is 30.3 Å². The van der Waals surface area contributed by atoms with Gasteiger partial charge in [0.1, 0.15) is 0 Å². The monoisotopic (exact) mass is 340 g/mol. The average molecular weight is 340 g/mol. The first-order valence-electron chi connectivity index (χ1n) is 7.91. The number of aliphatic hydroxyl groups is 1. The molecule has 0 fully saturated rings. The lowest BCUT2D eigenvalue weighted by molar-refractivity contribution is -0.385. The van der Waals surface area contributed by atoms with E-state index in [-0.39, 0.29) is 5.69 Å². The van der Waals surface area contributed by atoms with Gasteiger partial charge in [-0.25, -0.2) is 0 Å². The summed E-state index contributed by atoms with van der Waals surface area (Å²) in [4.78, 5) is 22.4. The molecule has 2 aromatic rings. The van der Waals surface area contributed by atoms with Gasteiger partial charge in [0.2, 0.25) is 5.91 Å². The number of amides is 1. The van der Waals surface area contributed by atoms with E-state index >= 15 is 0 Å². The van der Waals surface area contributed by atoms with Crippen molar-refractivity contribution in [3.05, 3.63) is 81.9 Å². The van der Waals surface area contributed by atoms with E-state index in [0.29, 0.717) is 12.0 Å². The number of benzene rings is 2. The number of hydrogen-bond acceptors (Lipinski definition) is 4. The summed E-state index contributed by atoms with van der Waals surface area (Å²) in [5, 5.41) is 23.8. The van der Waals surface area contributed by atoms with Gasteiger partial charge >= 0.3 is 0 Å². The summed E-state index contributed by atoms with van der Waals surface area (Å²) in [5.74, 6) is -0.419. The Balaban J connectivity index is 1.94. The molecule has 2 N–H and O–H groups in total. The van der Waals surface area contributed by atoms with Crippen molar-refractivity contribution in [3.63, 3.8) is 0 Å². The Hall–Kier alpha value is -2.99. The van der Waals surface area contributed by atoms with Crippen LogP contribution >= 0.6 is 0 Å². The van der Waals surface area contributed by atoms with Crippen molar-refractivity contribution in [2.75, 3.05) is 0 Å². The summed E-state index contributed by atoms with van der Waals surface area (Å²) < 4.78 is 0. The molecule has 2 atom stereocenters. The van der Waals surface area contributed by atoms with Crippen molar-refractivity contribution in [2.24, 2.45) is 0 Å². The molecular formula is C19H20N2O4. The van der Waals surface area contributed by atoms with E-state index in [1.165, 1.54) is 18.2 Å². The SMILES string of the molecule is CC(NC(=O)/C=C/c1ccccc1[N+](=O)[O-])C(O)Cc1ccccc1. The topological polar surface area (TPSA) is 92.5 Å². The average Bonchev–Trinajstić information content (AvgIpc) is 2.61. The fourth-order valence-electron chi connectivity index (χ4n) is 2.36. The number of para-hydroxylation sites is 1. The number of nitrogens with one attached hydrogen (secondary N) is 1. The van der Waals surface area contributed by atoms with Crippen LogP contribution in [0.5, 0.6) is 0 Å². The van der Waals surface area contributed by atoms with Gasteiger partial charge < -0.3 is 10.4 Å². The van der Waals surface area contributed by atoms with Crippen LogP contribution in [0.3, 0.4) is 0 Å². The van der Waals surface area contributed by atoms with Gasteiger partial charge in [0.25, 0.3) is 5.69 Å². The van der Waals surface area contributed by atoms with Gasteiger partial charge in [0.15, 0.2) is 0 Å². The van der Waals surface area contributed by atoms with Crippen LogP contribution in [0.25, 0.3) is 6.08 Å². The Morgan fingerprint density at radius 1 is 1.20 bits per heavy atom. The van der Waals surface area contributed by atoms with E-state index in [1.54, 1.807) is 25.1 Å². The molecule has 0 saturated carbocycles. The molecule has 0 aromatic heterocycles. The highest BCUT2D eigenvalue weighted by atomic mass is 16.6. The quantitative estimate of drug-likeness (QED) is 0.460. The van der Waals surface area contributed by atoms with Gasteiger partial charge in [-0.15, -0.1) is 0 Å². The Labute approximate surface area is 146 Å². The number of rotatable bonds is 7. The van der Waals surface area contributed by atoms with Gasteiger partial charge in [-0.2, -0.15) is 0 Å². The van der Waals surface area contributed by atoms with Crippen LogP contribution in [0, 0.1) is 10.1 Å². The highest BCUT2D eigenvalue weighted by molar-refractivity contribution is 5.92. The van der Waals surface area contributed by atoms with Gasteiger partial charge in [0, 0.05) is 18.6 Å². The maximum atomic E-state index is 12.0. The van der Waals surface area contributed by atoms with Crippen LogP contribution in [0.2, 0.25) is 0 Å². The summed E-state index contributed by atoms with van der Waals surface area (Å²) >= 11 is 0. The summed E-state index contributed by atoms with van der Waals surface area (Å²) in [6.07, 6.45) is 2.32. The molecule has 6 heteroatoms. The Kier molecular flexibility index (Phi) is 6.42. The van der Waals surface area contributed by atoms with E-state index < -0.39 is 23.0 Å². The minimum atomic E-state index is -0.731. The lowest BCUT2D eigenvalue weighted by atomic mass is 10.0. The molecule has 0 spiro atoms. The third-order valence-electron chi connectivity index (χ3n) is 3.78. The Morgan fingerprint density at radius 2 is 1.84 bits per heavy atom. The molecule has 0 radical (unpaired) electrons. The number of nitrogens with zero attached hydrogens (tertiary/aromatic N) is 1. The smallest absolute Gasteiger partial charge is 0.276 e. The number of aliphatic hydroxyl groups excluding tert-OH is 1. The number of hydrogen-bond donors (Lipinski definition) is 2. The van der Waals surface area contributed by atoms with Gasteiger partial charge in [-0.05, 0) is 24.6 Å². The molecule has 1 amide bonds. The maximum Gasteiger partial charge on any atom is 0.276 e. The van der Waals surface area contributed by atoms with Gasteiger partial charge in [-0.1, -0.05) is 42.5 Å². The van der Waals surface area contributed by atoms with Crippen molar-refractivity contribution < 1.29 is 14.8 Å². The predicted octanol–water partition coefficient (Wildman–Crippen LogP) is 2.72. The summed E-state index contributed by atoms with van der Waals surface area (Å²) in [6.45, 7) is 1.71. The summed E-state index contributed by atoms with van der Waals surface area (Å²) in [5.41, 5.74) is 1.26. The van der Waals surface area contributed by atoms with Crippen LogP contribution in [0.15, 0.2) is 60.7 Å². The zero-order valence-corrected chi connectivity index (χ0v) is 13.8. The van der Waals surface area contributed by atoms with E-state index in [2.05, 4.69) is 5.32 Å². The highest BCUT2D eigenvalue weighted by Gasteiger charge is 2.16. The predicted molar refractivity (Wildman–Crippen MR) is 95.9 cm³/mol. The third-order valence-corrected chi connectivity index (χ3v) is 3.78. The Bertz CT molecular complexity index is 759. The van der Waals surface area contributed by atoms with Crippen molar-refractivity contribution in [1.82, 2.24) is 5.32 Å². The first-order valence-corrected chi connectivity index (χ1v) is 7.91. The standard InChI is InChI=1S/C19H20N2O4/c1-14(18(22)13-15-7-3-2-4-8-15)20-19(23)12-11-16-9-5-6-10-17(16)21(24)25/h2-12,14,18,22H,13H2,1H3,(H,20,23)/b12-11+. The zero-order valence-electron chi connectivity index (χ0n) is 13.8. The van der Waals surface area contributed by atoms with Crippen LogP contribution in [-0.4, -0.2) is 28.1 Å². The van der Waals surface area contributed by atoms with E-state index in [4.69, 9.17) is 0 Å². The molecule has 6 nitrogen and oxygen atoms in total. The molecule has 0 aliphatic heterocycles. The van der Waals surface area contributed by atoms with E-state index in [0.717, 1.165) is 5.56 Å². The second kappa shape index (κ2) is 8.75. The molecular weight excluding hydrogens is 320 g/mol. The van der Waals surface area contributed by atoms with Crippen LogP contribution in [-0.2, 0) is 11.2 Å². The molecule has 0 saturated heterocycles. The van der Waals surface area contributed by atoms with Crippen LogP contribution in [0.4, 0.5) is 5.69 Å². The molecule has 2 unspecified atom stereocenters. The number of nitro benzene ring substituents is 1. The molecule has 130 valence electrons. The zero-order chi connectivity index (χ0) is 18.2. The lowest BCUT2D eigenvalue weighted by Crippen LogP contribution is -2.41. The molecule has 0 bridgehead atoms.